The predicted octanol–water partition coefficient (Wildman–Crippen LogP) is 3.42. The summed E-state index contributed by atoms with van der Waals surface area (Å²) in [6.07, 6.45) is 4.16. The third-order valence-electron chi connectivity index (χ3n) is 4.19. The normalized spacial score (nSPS) is 10.5. The smallest absolute Gasteiger partial charge is 0.267 e. The van der Waals surface area contributed by atoms with E-state index in [1.807, 2.05) is 30.3 Å². The van der Waals surface area contributed by atoms with Crippen molar-refractivity contribution in [1.82, 2.24) is 25.8 Å². The first-order valence-electron chi connectivity index (χ1n) is 8.64. The Labute approximate surface area is 170 Å². The van der Waals surface area contributed by atoms with Crippen LogP contribution < -0.4 is 10.9 Å². The van der Waals surface area contributed by atoms with E-state index in [1.165, 1.54) is 18.6 Å². The van der Waals surface area contributed by atoms with Crippen LogP contribution in [0, 0.1) is 0 Å². The highest BCUT2D eigenvalue weighted by Crippen LogP contribution is 2.25. The van der Waals surface area contributed by atoms with Gasteiger partial charge in [-0.3, -0.25) is 25.4 Å². The van der Waals surface area contributed by atoms with E-state index in [9.17, 15) is 9.59 Å². The highest BCUT2D eigenvalue weighted by Gasteiger charge is 2.15. The van der Waals surface area contributed by atoms with Crippen molar-refractivity contribution in [1.29, 1.82) is 0 Å². The molecule has 0 fully saturated rings. The van der Waals surface area contributed by atoms with E-state index in [0.29, 0.717) is 27.2 Å². The maximum Gasteiger partial charge on any atom is 0.289 e. The zero-order valence-electron chi connectivity index (χ0n) is 15.0. The number of para-hydroxylation sites is 1. The van der Waals surface area contributed by atoms with Crippen molar-refractivity contribution in [2.75, 3.05) is 0 Å². The maximum atomic E-state index is 12.8. The zero-order valence-corrected chi connectivity index (χ0v) is 15.7. The Morgan fingerprint density at radius 3 is 2.41 bits per heavy atom. The number of hydrogen-bond acceptors (Lipinski definition) is 5. The number of halogens is 1. The molecule has 0 unspecified atom stereocenters. The first-order chi connectivity index (χ1) is 14.1. The van der Waals surface area contributed by atoms with Gasteiger partial charge in [-0.25, -0.2) is 9.97 Å². The highest BCUT2D eigenvalue weighted by atomic mass is 35.5. The van der Waals surface area contributed by atoms with Gasteiger partial charge in [-0.15, -0.1) is 0 Å². The minimum Gasteiger partial charge on any atom is -0.267 e. The van der Waals surface area contributed by atoms with Crippen molar-refractivity contribution >= 4 is 34.3 Å². The predicted molar refractivity (Wildman–Crippen MR) is 109 cm³/mol. The summed E-state index contributed by atoms with van der Waals surface area (Å²) in [5, 5.41) is 1.27. The Hall–Kier alpha value is -3.84. The molecule has 2 amide bonds. The summed E-state index contributed by atoms with van der Waals surface area (Å²) < 4.78 is 0. The van der Waals surface area contributed by atoms with Crippen LogP contribution in [0.25, 0.3) is 22.2 Å². The number of fused-ring (bicyclic) bond motifs is 1. The molecule has 4 aromatic rings. The monoisotopic (exact) mass is 403 g/mol. The molecule has 2 aromatic carbocycles. The fraction of sp³-hybridized carbons (Fsp3) is 0. The quantitative estimate of drug-likeness (QED) is 0.511. The Bertz CT molecular complexity index is 1200. The highest BCUT2D eigenvalue weighted by molar-refractivity contribution is 6.30. The van der Waals surface area contributed by atoms with Crippen LogP contribution in [0.4, 0.5) is 0 Å². The lowest BCUT2D eigenvalue weighted by Crippen LogP contribution is -2.42. The van der Waals surface area contributed by atoms with Gasteiger partial charge >= 0.3 is 0 Å². The minimum atomic E-state index is -0.567. The van der Waals surface area contributed by atoms with Gasteiger partial charge in [-0.1, -0.05) is 41.9 Å². The number of nitrogens with one attached hydrogen (secondary N) is 2. The van der Waals surface area contributed by atoms with Gasteiger partial charge in [0.1, 0.15) is 5.69 Å². The van der Waals surface area contributed by atoms with E-state index in [4.69, 9.17) is 11.6 Å². The summed E-state index contributed by atoms with van der Waals surface area (Å²) in [4.78, 5) is 37.3. The van der Waals surface area contributed by atoms with E-state index in [2.05, 4.69) is 25.8 Å². The fourth-order valence-electron chi connectivity index (χ4n) is 2.79. The summed E-state index contributed by atoms with van der Waals surface area (Å²) in [6.45, 7) is 0. The summed E-state index contributed by atoms with van der Waals surface area (Å²) in [6, 6.07) is 16.1. The molecule has 0 spiro atoms. The van der Waals surface area contributed by atoms with E-state index < -0.39 is 11.8 Å². The second-order valence-electron chi connectivity index (χ2n) is 6.08. The number of benzene rings is 2. The molecule has 0 radical (unpaired) electrons. The Kier molecular flexibility index (Phi) is 5.13. The second-order valence-corrected chi connectivity index (χ2v) is 6.51. The molecular formula is C21H14ClN5O2. The number of nitrogens with zero attached hydrogens (tertiary/aromatic N) is 3. The number of carbonyl (C=O) groups excluding carboxylic acids is 2. The Morgan fingerprint density at radius 2 is 1.66 bits per heavy atom. The van der Waals surface area contributed by atoms with Crippen molar-refractivity contribution in [2.24, 2.45) is 0 Å². The van der Waals surface area contributed by atoms with Crippen LogP contribution in [-0.4, -0.2) is 26.8 Å². The molecule has 0 aliphatic carbocycles. The molecule has 7 nitrogen and oxygen atoms in total. The molecule has 0 saturated heterocycles. The van der Waals surface area contributed by atoms with Crippen LogP contribution in [0.1, 0.15) is 20.8 Å². The van der Waals surface area contributed by atoms with Crippen molar-refractivity contribution < 1.29 is 9.59 Å². The van der Waals surface area contributed by atoms with Crippen molar-refractivity contribution in [3.8, 4) is 11.3 Å². The third-order valence-corrected chi connectivity index (χ3v) is 4.44. The summed E-state index contributed by atoms with van der Waals surface area (Å²) in [7, 11) is 0. The van der Waals surface area contributed by atoms with Gasteiger partial charge in [0, 0.05) is 28.4 Å². The zero-order chi connectivity index (χ0) is 20.2. The molecule has 0 bridgehead atoms. The Balaban J connectivity index is 1.65. The fourth-order valence-corrected chi connectivity index (χ4v) is 2.92. The van der Waals surface area contributed by atoms with Gasteiger partial charge in [0.2, 0.25) is 0 Å². The Morgan fingerprint density at radius 1 is 0.897 bits per heavy atom. The molecule has 29 heavy (non-hydrogen) atoms. The van der Waals surface area contributed by atoms with Gasteiger partial charge in [-0.05, 0) is 24.3 Å². The first kappa shape index (κ1) is 18.5. The van der Waals surface area contributed by atoms with Crippen molar-refractivity contribution in [3.05, 3.63) is 89.5 Å². The number of hydrogen-bond donors (Lipinski definition) is 2. The van der Waals surface area contributed by atoms with Gasteiger partial charge in [0.15, 0.2) is 0 Å². The van der Waals surface area contributed by atoms with Crippen LogP contribution in [0.3, 0.4) is 0 Å². The molecule has 2 aromatic heterocycles. The molecule has 0 aliphatic rings. The lowest BCUT2D eigenvalue weighted by molar-refractivity contribution is 0.0844. The number of carbonyl (C=O) groups is 2. The first-order valence-corrected chi connectivity index (χ1v) is 9.02. The number of hydrazine groups is 1. The summed E-state index contributed by atoms with van der Waals surface area (Å²) >= 11 is 5.96. The van der Waals surface area contributed by atoms with Crippen LogP contribution in [0.15, 0.2) is 73.2 Å². The standard InChI is InChI=1S/C21H14ClN5O2/c22-14-7-5-13(6-8-14)18-11-16(15-3-1-2-4-17(15)25-18)20(28)26-27-21(29)19-12-23-9-10-24-19/h1-12H,(H,26,28)(H,27,29). The third kappa shape index (κ3) is 4.04. The SMILES string of the molecule is O=C(NNC(=O)c1cc(-c2ccc(Cl)cc2)nc2ccccc12)c1cnccn1. The maximum absolute atomic E-state index is 12.8. The van der Waals surface area contributed by atoms with Crippen LogP contribution in [0.5, 0.6) is 0 Å². The van der Waals surface area contributed by atoms with Crippen molar-refractivity contribution in [3.63, 3.8) is 0 Å². The van der Waals surface area contributed by atoms with Crippen LogP contribution >= 0.6 is 11.6 Å². The average Bonchev–Trinajstić information content (AvgIpc) is 2.77. The molecule has 0 atom stereocenters. The van der Waals surface area contributed by atoms with E-state index in [-0.39, 0.29) is 5.69 Å². The molecule has 0 saturated carbocycles. The number of aromatic nitrogens is 3. The van der Waals surface area contributed by atoms with Crippen LogP contribution in [-0.2, 0) is 0 Å². The minimum absolute atomic E-state index is 0.0919. The number of rotatable bonds is 3. The van der Waals surface area contributed by atoms with E-state index in [0.717, 1.165) is 5.56 Å². The second kappa shape index (κ2) is 8.04. The average molecular weight is 404 g/mol. The largest absolute Gasteiger partial charge is 0.289 e. The molecular weight excluding hydrogens is 390 g/mol. The molecule has 142 valence electrons. The molecule has 0 aliphatic heterocycles. The van der Waals surface area contributed by atoms with Gasteiger partial charge in [0.25, 0.3) is 11.8 Å². The van der Waals surface area contributed by atoms with Crippen molar-refractivity contribution in [2.45, 2.75) is 0 Å². The van der Waals surface area contributed by atoms with Gasteiger partial charge in [0.05, 0.1) is 23.0 Å². The lowest BCUT2D eigenvalue weighted by Gasteiger charge is -2.11. The summed E-state index contributed by atoms with van der Waals surface area (Å²) in [5.41, 5.74) is 7.33. The number of pyridine rings is 1. The van der Waals surface area contributed by atoms with Gasteiger partial charge in [-0.2, -0.15) is 0 Å². The van der Waals surface area contributed by atoms with Crippen LogP contribution in [0.2, 0.25) is 5.02 Å². The molecule has 4 rings (SSSR count). The van der Waals surface area contributed by atoms with E-state index >= 15 is 0 Å². The molecule has 8 heteroatoms. The van der Waals surface area contributed by atoms with E-state index in [1.54, 1.807) is 24.3 Å². The topological polar surface area (TPSA) is 96.9 Å². The van der Waals surface area contributed by atoms with Gasteiger partial charge < -0.3 is 0 Å². The summed E-state index contributed by atoms with van der Waals surface area (Å²) in [5.74, 6) is -1.04. The molecule has 2 N–H and O–H groups in total. The number of amides is 2. The molecule has 2 heterocycles. The lowest BCUT2D eigenvalue weighted by atomic mass is 10.0.